The van der Waals surface area contributed by atoms with Gasteiger partial charge in [-0.25, -0.2) is 4.79 Å². The first kappa shape index (κ1) is 15.0. The second-order valence-corrected chi connectivity index (χ2v) is 5.16. The second-order valence-electron chi connectivity index (χ2n) is 5.16. The highest BCUT2D eigenvalue weighted by molar-refractivity contribution is 5.98. The maximum atomic E-state index is 12.2. The molecule has 0 radical (unpaired) electrons. The van der Waals surface area contributed by atoms with Gasteiger partial charge in [-0.15, -0.1) is 0 Å². The Labute approximate surface area is 122 Å². The zero-order chi connectivity index (χ0) is 15.6. The summed E-state index contributed by atoms with van der Waals surface area (Å²) in [6, 6.07) is 4.58. The van der Waals surface area contributed by atoms with Crippen molar-refractivity contribution in [2.45, 2.75) is 20.3 Å². The quantitative estimate of drug-likeness (QED) is 0.879. The fraction of sp³-hybridized carbons (Fsp3) is 0.400. The van der Waals surface area contributed by atoms with Crippen LogP contribution in [0.15, 0.2) is 18.2 Å². The molecule has 0 aromatic heterocycles. The highest BCUT2D eigenvalue weighted by atomic mass is 16.4. The predicted octanol–water partition coefficient (Wildman–Crippen LogP) is 1.50. The van der Waals surface area contributed by atoms with E-state index in [9.17, 15) is 14.4 Å². The molecule has 2 amide bonds. The van der Waals surface area contributed by atoms with Crippen molar-refractivity contribution >= 4 is 23.5 Å². The standard InChI is InChI=1S/C15H18N2O4/c1-3-17-8-11(7-13(17)18)14(19)16-12-6-10(15(20)21)5-4-9(12)2/h4-6,11H,3,7-8H2,1-2H3,(H,16,19)(H,20,21). The van der Waals surface area contributed by atoms with Crippen molar-refractivity contribution in [1.29, 1.82) is 0 Å². The van der Waals surface area contributed by atoms with Crippen LogP contribution in [0, 0.1) is 12.8 Å². The van der Waals surface area contributed by atoms with Gasteiger partial charge in [0.15, 0.2) is 0 Å². The fourth-order valence-electron chi connectivity index (χ4n) is 2.38. The minimum Gasteiger partial charge on any atom is -0.478 e. The number of carbonyl (C=O) groups is 3. The Kier molecular flexibility index (Phi) is 4.26. The molecule has 21 heavy (non-hydrogen) atoms. The first-order valence-electron chi connectivity index (χ1n) is 6.85. The van der Waals surface area contributed by atoms with Gasteiger partial charge in [0, 0.05) is 25.2 Å². The van der Waals surface area contributed by atoms with Gasteiger partial charge in [0.2, 0.25) is 11.8 Å². The number of carboxylic acids is 1. The number of amides is 2. The van der Waals surface area contributed by atoms with Gasteiger partial charge in [-0.05, 0) is 31.5 Å². The van der Waals surface area contributed by atoms with E-state index < -0.39 is 5.97 Å². The summed E-state index contributed by atoms with van der Waals surface area (Å²) in [5.41, 5.74) is 1.38. The van der Waals surface area contributed by atoms with Crippen molar-refractivity contribution in [3.05, 3.63) is 29.3 Å². The minimum atomic E-state index is -1.04. The maximum absolute atomic E-state index is 12.2. The molecule has 0 bridgehead atoms. The fourth-order valence-corrected chi connectivity index (χ4v) is 2.38. The average molecular weight is 290 g/mol. The molecule has 1 aliphatic rings. The average Bonchev–Trinajstić information content (AvgIpc) is 2.82. The van der Waals surface area contributed by atoms with Gasteiger partial charge in [0.25, 0.3) is 0 Å². The van der Waals surface area contributed by atoms with Crippen LogP contribution >= 0.6 is 0 Å². The van der Waals surface area contributed by atoms with Gasteiger partial charge in [-0.1, -0.05) is 6.07 Å². The summed E-state index contributed by atoms with van der Waals surface area (Å²) in [5.74, 6) is -1.69. The van der Waals surface area contributed by atoms with Crippen LogP contribution in [0.4, 0.5) is 5.69 Å². The number of anilines is 1. The number of aryl methyl sites for hydroxylation is 1. The highest BCUT2D eigenvalue weighted by Gasteiger charge is 2.33. The van der Waals surface area contributed by atoms with Gasteiger partial charge in [-0.2, -0.15) is 0 Å². The molecule has 1 aliphatic heterocycles. The highest BCUT2D eigenvalue weighted by Crippen LogP contribution is 2.22. The van der Waals surface area contributed by atoms with E-state index in [1.54, 1.807) is 17.9 Å². The van der Waals surface area contributed by atoms with Crippen molar-refractivity contribution in [2.24, 2.45) is 5.92 Å². The first-order chi connectivity index (χ1) is 9.92. The van der Waals surface area contributed by atoms with E-state index in [2.05, 4.69) is 5.32 Å². The second kappa shape index (κ2) is 5.95. The maximum Gasteiger partial charge on any atom is 0.335 e. The Morgan fingerprint density at radius 2 is 2.14 bits per heavy atom. The zero-order valence-electron chi connectivity index (χ0n) is 12.0. The molecule has 1 saturated heterocycles. The molecule has 1 atom stereocenters. The number of carbonyl (C=O) groups excluding carboxylic acids is 2. The van der Waals surface area contributed by atoms with Crippen LogP contribution in [0.25, 0.3) is 0 Å². The van der Waals surface area contributed by atoms with Gasteiger partial charge in [0.1, 0.15) is 0 Å². The van der Waals surface area contributed by atoms with E-state index in [1.807, 2.05) is 6.92 Å². The van der Waals surface area contributed by atoms with Crippen LogP contribution in [0.2, 0.25) is 0 Å². The third-order valence-corrected chi connectivity index (χ3v) is 3.71. The van der Waals surface area contributed by atoms with Gasteiger partial charge in [-0.3, -0.25) is 9.59 Å². The van der Waals surface area contributed by atoms with Crippen LogP contribution in [0.1, 0.15) is 29.3 Å². The lowest BCUT2D eigenvalue weighted by Crippen LogP contribution is -2.28. The predicted molar refractivity (Wildman–Crippen MR) is 77.1 cm³/mol. The SMILES string of the molecule is CCN1CC(C(=O)Nc2cc(C(=O)O)ccc2C)CC1=O. The number of nitrogens with one attached hydrogen (secondary N) is 1. The summed E-state index contributed by atoms with van der Waals surface area (Å²) in [6.45, 7) is 4.67. The summed E-state index contributed by atoms with van der Waals surface area (Å²) in [7, 11) is 0. The molecule has 1 fully saturated rings. The largest absolute Gasteiger partial charge is 0.478 e. The Hall–Kier alpha value is -2.37. The Bertz CT molecular complexity index is 597. The van der Waals surface area contributed by atoms with Crippen LogP contribution in [-0.2, 0) is 9.59 Å². The third kappa shape index (κ3) is 3.21. The number of hydrogen-bond acceptors (Lipinski definition) is 3. The first-order valence-corrected chi connectivity index (χ1v) is 6.85. The number of benzene rings is 1. The molecular formula is C15H18N2O4. The molecule has 112 valence electrons. The number of hydrogen-bond donors (Lipinski definition) is 2. The lowest BCUT2D eigenvalue weighted by molar-refractivity contribution is -0.128. The Balaban J connectivity index is 2.11. The molecule has 2 rings (SSSR count). The third-order valence-electron chi connectivity index (χ3n) is 3.71. The topological polar surface area (TPSA) is 86.7 Å². The number of likely N-dealkylation sites (tertiary alicyclic amines) is 1. The molecule has 6 heteroatoms. The van der Waals surface area contributed by atoms with E-state index in [4.69, 9.17) is 5.11 Å². The smallest absolute Gasteiger partial charge is 0.335 e. The molecule has 2 N–H and O–H groups in total. The van der Waals surface area contributed by atoms with Crippen LogP contribution in [0.5, 0.6) is 0 Å². The summed E-state index contributed by atoms with van der Waals surface area (Å²) in [4.78, 5) is 36.5. The molecular weight excluding hydrogens is 272 g/mol. The van der Waals surface area contributed by atoms with E-state index in [0.29, 0.717) is 18.8 Å². The summed E-state index contributed by atoms with van der Waals surface area (Å²) in [5, 5.41) is 11.7. The molecule has 0 saturated carbocycles. The number of aromatic carboxylic acids is 1. The molecule has 6 nitrogen and oxygen atoms in total. The van der Waals surface area contributed by atoms with Crippen molar-refractivity contribution < 1.29 is 19.5 Å². The number of nitrogens with zero attached hydrogens (tertiary/aromatic N) is 1. The van der Waals surface area contributed by atoms with E-state index in [0.717, 1.165) is 5.56 Å². The summed E-state index contributed by atoms with van der Waals surface area (Å²) >= 11 is 0. The van der Waals surface area contributed by atoms with Gasteiger partial charge >= 0.3 is 5.97 Å². The van der Waals surface area contributed by atoms with Crippen molar-refractivity contribution in [2.75, 3.05) is 18.4 Å². The monoisotopic (exact) mass is 290 g/mol. The van der Waals surface area contributed by atoms with E-state index in [-0.39, 0.29) is 29.7 Å². The van der Waals surface area contributed by atoms with Crippen LogP contribution in [0.3, 0.4) is 0 Å². The summed E-state index contributed by atoms with van der Waals surface area (Å²) in [6.07, 6.45) is 0.206. The Morgan fingerprint density at radius 3 is 2.71 bits per heavy atom. The molecule has 1 heterocycles. The van der Waals surface area contributed by atoms with E-state index >= 15 is 0 Å². The van der Waals surface area contributed by atoms with Crippen molar-refractivity contribution in [3.63, 3.8) is 0 Å². The van der Waals surface area contributed by atoms with E-state index in [1.165, 1.54) is 12.1 Å². The molecule has 0 spiro atoms. The minimum absolute atomic E-state index is 0.0198. The van der Waals surface area contributed by atoms with Crippen LogP contribution in [-0.4, -0.2) is 40.9 Å². The van der Waals surface area contributed by atoms with Gasteiger partial charge in [0.05, 0.1) is 11.5 Å². The Morgan fingerprint density at radius 1 is 1.43 bits per heavy atom. The lowest BCUT2D eigenvalue weighted by atomic mass is 10.1. The molecule has 1 aromatic carbocycles. The normalized spacial score (nSPS) is 17.9. The lowest BCUT2D eigenvalue weighted by Gasteiger charge is -2.14. The zero-order valence-corrected chi connectivity index (χ0v) is 12.0. The molecule has 0 aliphatic carbocycles. The van der Waals surface area contributed by atoms with Crippen molar-refractivity contribution in [3.8, 4) is 0 Å². The number of rotatable bonds is 4. The molecule has 1 unspecified atom stereocenters. The number of carboxylic acid groups (broad SMARTS) is 1. The summed E-state index contributed by atoms with van der Waals surface area (Å²) < 4.78 is 0. The van der Waals surface area contributed by atoms with Crippen LogP contribution < -0.4 is 5.32 Å². The van der Waals surface area contributed by atoms with Crippen molar-refractivity contribution in [1.82, 2.24) is 4.90 Å². The molecule has 1 aromatic rings. The van der Waals surface area contributed by atoms with Gasteiger partial charge < -0.3 is 15.3 Å².